The fourth-order valence-electron chi connectivity index (χ4n) is 5.03. The molecule has 1 aromatic heterocycles. The standard InChI is InChI=1S/C24H27N7O5/c32-17-3-2-14-13-30(20(33)12-18-21(34)29-24(36)28-18)19(11-15(14)10-17)22(35)31(16-4-8-25-9-5-16)23-26-6-1-7-27-23/h1-3,6-7,10,16,18-19,25,32H,4-5,8-9,11-13H2,(H2,28,29,34,36)/t18-,19+/m1/s1. The van der Waals surface area contributed by atoms with Crippen LogP contribution >= 0.6 is 0 Å². The van der Waals surface area contributed by atoms with Crippen LogP contribution in [0.1, 0.15) is 30.4 Å². The van der Waals surface area contributed by atoms with Crippen molar-refractivity contribution in [1.29, 1.82) is 0 Å². The predicted molar refractivity (Wildman–Crippen MR) is 127 cm³/mol. The molecule has 0 radical (unpaired) electrons. The maximum Gasteiger partial charge on any atom is 0.322 e. The first-order valence-corrected chi connectivity index (χ1v) is 11.9. The van der Waals surface area contributed by atoms with Gasteiger partial charge in [-0.05, 0) is 55.3 Å². The van der Waals surface area contributed by atoms with Gasteiger partial charge in [-0.25, -0.2) is 14.8 Å². The number of anilines is 1. The number of benzene rings is 1. The van der Waals surface area contributed by atoms with Gasteiger partial charge in [0.05, 0.1) is 6.42 Å². The van der Waals surface area contributed by atoms with Gasteiger partial charge in [-0.1, -0.05) is 6.07 Å². The van der Waals surface area contributed by atoms with Crippen LogP contribution in [0.15, 0.2) is 36.7 Å². The maximum absolute atomic E-state index is 14.2. The van der Waals surface area contributed by atoms with E-state index in [1.807, 2.05) is 0 Å². The number of imide groups is 1. The second kappa shape index (κ2) is 9.90. The molecule has 2 fully saturated rings. The highest BCUT2D eigenvalue weighted by atomic mass is 16.3. The molecule has 4 N–H and O–H groups in total. The van der Waals surface area contributed by atoms with E-state index in [4.69, 9.17) is 0 Å². The lowest BCUT2D eigenvalue weighted by atomic mass is 9.91. The summed E-state index contributed by atoms with van der Waals surface area (Å²) >= 11 is 0. The monoisotopic (exact) mass is 493 g/mol. The Balaban J connectivity index is 1.48. The highest BCUT2D eigenvalue weighted by Crippen LogP contribution is 2.30. The lowest BCUT2D eigenvalue weighted by Gasteiger charge is -2.41. The van der Waals surface area contributed by atoms with Crippen LogP contribution in [0, 0.1) is 0 Å². The van der Waals surface area contributed by atoms with Crippen LogP contribution in [0.25, 0.3) is 0 Å². The van der Waals surface area contributed by atoms with Crippen molar-refractivity contribution in [2.24, 2.45) is 0 Å². The van der Waals surface area contributed by atoms with E-state index in [1.165, 1.54) is 11.0 Å². The fourth-order valence-corrected chi connectivity index (χ4v) is 5.03. The first-order valence-electron chi connectivity index (χ1n) is 11.9. The van der Waals surface area contributed by atoms with Crippen molar-refractivity contribution in [3.05, 3.63) is 47.8 Å². The van der Waals surface area contributed by atoms with Crippen LogP contribution in [0.2, 0.25) is 0 Å². The number of nitrogens with zero attached hydrogens (tertiary/aromatic N) is 4. The van der Waals surface area contributed by atoms with E-state index >= 15 is 0 Å². The number of piperidine rings is 1. The number of phenols is 1. The molecule has 1 aromatic carbocycles. The molecule has 2 aromatic rings. The molecular weight excluding hydrogens is 466 g/mol. The average molecular weight is 494 g/mol. The molecule has 0 spiro atoms. The molecule has 188 valence electrons. The zero-order chi connectivity index (χ0) is 25.2. The molecule has 3 aliphatic rings. The molecule has 0 aliphatic carbocycles. The minimum Gasteiger partial charge on any atom is -0.508 e. The van der Waals surface area contributed by atoms with Gasteiger partial charge in [0.15, 0.2) is 0 Å². The number of amides is 5. The van der Waals surface area contributed by atoms with Crippen molar-refractivity contribution < 1.29 is 24.3 Å². The molecule has 4 heterocycles. The van der Waals surface area contributed by atoms with Crippen molar-refractivity contribution in [2.75, 3.05) is 18.0 Å². The third-order valence-corrected chi connectivity index (χ3v) is 6.84. The molecule has 2 saturated heterocycles. The smallest absolute Gasteiger partial charge is 0.322 e. The molecule has 12 heteroatoms. The maximum atomic E-state index is 14.2. The topological polar surface area (TPSA) is 157 Å². The van der Waals surface area contributed by atoms with Gasteiger partial charge in [0.25, 0.3) is 11.8 Å². The normalized spacial score (nSPS) is 21.9. The molecule has 0 saturated carbocycles. The second-order valence-electron chi connectivity index (χ2n) is 9.15. The lowest BCUT2D eigenvalue weighted by molar-refractivity contribution is -0.142. The van der Waals surface area contributed by atoms with Crippen molar-refractivity contribution in [3.8, 4) is 5.75 Å². The van der Waals surface area contributed by atoms with Crippen LogP contribution in [0.4, 0.5) is 10.7 Å². The third kappa shape index (κ3) is 4.71. The van der Waals surface area contributed by atoms with E-state index in [0.717, 1.165) is 24.2 Å². The summed E-state index contributed by atoms with van der Waals surface area (Å²) in [6, 6.07) is 3.84. The number of aromatic nitrogens is 2. The fraction of sp³-hybridized carbons (Fsp3) is 0.417. The zero-order valence-electron chi connectivity index (χ0n) is 19.5. The Morgan fingerprint density at radius 1 is 1.11 bits per heavy atom. The number of rotatable bonds is 5. The van der Waals surface area contributed by atoms with Gasteiger partial charge >= 0.3 is 6.03 Å². The van der Waals surface area contributed by atoms with E-state index < -0.39 is 29.9 Å². The Kier molecular flexibility index (Phi) is 6.51. The number of hydrogen-bond donors (Lipinski definition) is 4. The zero-order valence-corrected chi connectivity index (χ0v) is 19.5. The number of phenolic OH excluding ortho intramolecular Hbond substituents is 1. The molecule has 5 amide bonds. The number of hydrogen-bond acceptors (Lipinski definition) is 8. The van der Waals surface area contributed by atoms with Crippen molar-refractivity contribution in [1.82, 2.24) is 30.8 Å². The number of aromatic hydroxyl groups is 1. The summed E-state index contributed by atoms with van der Waals surface area (Å²) in [7, 11) is 0. The summed E-state index contributed by atoms with van der Waals surface area (Å²) in [6.07, 6.45) is 4.47. The first-order chi connectivity index (χ1) is 17.4. The number of nitrogens with one attached hydrogen (secondary N) is 3. The second-order valence-corrected chi connectivity index (χ2v) is 9.15. The molecule has 0 bridgehead atoms. The molecule has 12 nitrogen and oxygen atoms in total. The summed E-state index contributed by atoms with van der Waals surface area (Å²) in [4.78, 5) is 63.0. The van der Waals surface area contributed by atoms with Crippen LogP contribution < -0.4 is 20.9 Å². The van der Waals surface area contributed by atoms with Gasteiger partial charge in [0, 0.05) is 31.4 Å². The quantitative estimate of drug-likeness (QED) is 0.418. The Morgan fingerprint density at radius 3 is 2.56 bits per heavy atom. The SMILES string of the molecule is O=C1NC(=O)[C@@H](CC(=O)N2Cc3ccc(O)cc3C[C@H]2C(=O)N(c2ncccn2)C2CCNCC2)N1. The lowest BCUT2D eigenvalue weighted by Crippen LogP contribution is -2.58. The van der Waals surface area contributed by atoms with Gasteiger partial charge in [-0.15, -0.1) is 0 Å². The summed E-state index contributed by atoms with van der Waals surface area (Å²) in [6.45, 7) is 1.60. The molecule has 36 heavy (non-hydrogen) atoms. The van der Waals surface area contributed by atoms with E-state index in [9.17, 15) is 24.3 Å². The predicted octanol–water partition coefficient (Wildman–Crippen LogP) is -0.181. The molecule has 0 unspecified atom stereocenters. The van der Waals surface area contributed by atoms with Gasteiger partial charge in [0.1, 0.15) is 17.8 Å². The van der Waals surface area contributed by atoms with Gasteiger partial charge < -0.3 is 20.6 Å². The largest absolute Gasteiger partial charge is 0.508 e. The molecule has 2 atom stereocenters. The summed E-state index contributed by atoms with van der Waals surface area (Å²) in [5.74, 6) is -0.991. The molecule has 3 aliphatic heterocycles. The van der Waals surface area contributed by atoms with Crippen LogP contribution in [-0.4, -0.2) is 74.9 Å². The van der Waals surface area contributed by atoms with Gasteiger partial charge in [-0.3, -0.25) is 24.6 Å². The van der Waals surface area contributed by atoms with Crippen molar-refractivity contribution in [2.45, 2.75) is 50.4 Å². The molecular formula is C24H27N7O5. The van der Waals surface area contributed by atoms with Crippen LogP contribution in [0.5, 0.6) is 5.75 Å². The number of carbonyl (C=O) groups is 4. The first kappa shape index (κ1) is 23.7. The minimum atomic E-state index is -1.00. The minimum absolute atomic E-state index is 0.0756. The average Bonchev–Trinajstić information content (AvgIpc) is 3.20. The van der Waals surface area contributed by atoms with E-state index in [1.54, 1.807) is 35.5 Å². The van der Waals surface area contributed by atoms with Crippen molar-refractivity contribution in [3.63, 3.8) is 0 Å². The Hall–Kier alpha value is -4.06. The van der Waals surface area contributed by atoms with Gasteiger partial charge in [0.2, 0.25) is 11.9 Å². The summed E-state index contributed by atoms with van der Waals surface area (Å²) in [5, 5.41) is 17.9. The highest BCUT2D eigenvalue weighted by molar-refractivity contribution is 6.06. The van der Waals surface area contributed by atoms with Gasteiger partial charge in [-0.2, -0.15) is 0 Å². The Labute approximate surface area is 207 Å². The summed E-state index contributed by atoms with van der Waals surface area (Å²) in [5.41, 5.74) is 1.57. The molecule has 5 rings (SSSR count). The number of urea groups is 1. The van der Waals surface area contributed by atoms with E-state index in [-0.39, 0.29) is 43.0 Å². The summed E-state index contributed by atoms with van der Waals surface area (Å²) < 4.78 is 0. The number of fused-ring (bicyclic) bond motifs is 1. The van der Waals surface area contributed by atoms with Crippen LogP contribution in [-0.2, 0) is 27.3 Å². The van der Waals surface area contributed by atoms with E-state index in [0.29, 0.717) is 12.8 Å². The van der Waals surface area contributed by atoms with Crippen molar-refractivity contribution >= 4 is 29.7 Å². The Bertz CT molecular complexity index is 1180. The Morgan fingerprint density at radius 2 is 1.86 bits per heavy atom. The number of carbonyl (C=O) groups excluding carboxylic acids is 4. The van der Waals surface area contributed by atoms with E-state index in [2.05, 4.69) is 25.9 Å². The third-order valence-electron chi connectivity index (χ3n) is 6.84. The highest BCUT2D eigenvalue weighted by Gasteiger charge is 2.42. The van der Waals surface area contributed by atoms with Crippen LogP contribution in [0.3, 0.4) is 0 Å².